The Morgan fingerprint density at radius 3 is 2.68 bits per heavy atom. The lowest BCUT2D eigenvalue weighted by Crippen LogP contribution is -2.51. The van der Waals surface area contributed by atoms with Gasteiger partial charge in [0.05, 0.1) is 12.1 Å². The van der Waals surface area contributed by atoms with Crippen LogP contribution >= 0.6 is 11.6 Å². The lowest BCUT2D eigenvalue weighted by Gasteiger charge is -2.37. The van der Waals surface area contributed by atoms with Gasteiger partial charge in [-0.15, -0.1) is 0 Å². The minimum Gasteiger partial charge on any atom is -0.495 e. The molecule has 2 aliphatic rings. The number of amides is 1. The van der Waals surface area contributed by atoms with Crippen LogP contribution < -0.4 is 9.64 Å². The largest absolute Gasteiger partial charge is 0.495 e. The molecule has 2 heterocycles. The normalized spacial score (nSPS) is 22.0. The maximum Gasteiger partial charge on any atom is 0.251 e. The first-order valence-electron chi connectivity index (χ1n) is 7.68. The Hall–Kier alpha value is -1.46. The standard InChI is InChI=1S/C16H21ClN2O3/c1-21-14-5-4-12(11-13(14)17)18-6-8-19(9-7-18)16(20)15-3-2-10-22-15/h4-5,11,15H,2-3,6-10H2,1H3. The van der Waals surface area contributed by atoms with Crippen LogP contribution in [0, 0.1) is 0 Å². The average molecular weight is 325 g/mol. The van der Waals surface area contributed by atoms with E-state index < -0.39 is 0 Å². The first-order valence-corrected chi connectivity index (χ1v) is 8.05. The summed E-state index contributed by atoms with van der Waals surface area (Å²) in [5, 5.41) is 0.609. The molecule has 0 aromatic heterocycles. The maximum atomic E-state index is 12.3. The number of carbonyl (C=O) groups excluding carboxylic acids is 1. The third kappa shape index (κ3) is 3.15. The number of carbonyl (C=O) groups is 1. The second kappa shape index (κ2) is 6.75. The molecule has 5 nitrogen and oxygen atoms in total. The molecule has 2 aliphatic heterocycles. The molecule has 3 rings (SSSR count). The molecular weight excluding hydrogens is 304 g/mol. The lowest BCUT2D eigenvalue weighted by molar-refractivity contribution is -0.141. The maximum absolute atomic E-state index is 12.3. The van der Waals surface area contributed by atoms with E-state index >= 15 is 0 Å². The molecule has 0 aliphatic carbocycles. The van der Waals surface area contributed by atoms with Crippen molar-refractivity contribution >= 4 is 23.2 Å². The van der Waals surface area contributed by atoms with Gasteiger partial charge in [-0.2, -0.15) is 0 Å². The highest BCUT2D eigenvalue weighted by Gasteiger charge is 2.30. The van der Waals surface area contributed by atoms with Crippen LogP contribution in [0.2, 0.25) is 5.02 Å². The SMILES string of the molecule is COc1ccc(N2CCN(C(=O)C3CCCO3)CC2)cc1Cl. The molecule has 2 saturated heterocycles. The van der Waals surface area contributed by atoms with Crippen molar-refractivity contribution in [2.45, 2.75) is 18.9 Å². The molecule has 0 bridgehead atoms. The molecule has 1 amide bonds. The van der Waals surface area contributed by atoms with E-state index in [1.165, 1.54) is 0 Å². The van der Waals surface area contributed by atoms with Crippen LogP contribution in [0.4, 0.5) is 5.69 Å². The summed E-state index contributed by atoms with van der Waals surface area (Å²) in [6, 6.07) is 5.79. The van der Waals surface area contributed by atoms with Crippen LogP contribution in [0.5, 0.6) is 5.75 Å². The summed E-state index contributed by atoms with van der Waals surface area (Å²) in [5.74, 6) is 0.822. The Labute approximate surface area is 135 Å². The van der Waals surface area contributed by atoms with Gasteiger partial charge in [0.1, 0.15) is 11.9 Å². The summed E-state index contributed by atoms with van der Waals surface area (Å²) in [6.45, 7) is 3.77. The summed E-state index contributed by atoms with van der Waals surface area (Å²) >= 11 is 6.18. The van der Waals surface area contributed by atoms with Gasteiger partial charge in [-0.05, 0) is 31.0 Å². The van der Waals surface area contributed by atoms with Crippen LogP contribution in [-0.2, 0) is 9.53 Å². The third-order valence-electron chi connectivity index (χ3n) is 4.30. The fraction of sp³-hybridized carbons (Fsp3) is 0.562. The highest BCUT2D eigenvalue weighted by Crippen LogP contribution is 2.29. The molecule has 0 N–H and O–H groups in total. The highest BCUT2D eigenvalue weighted by molar-refractivity contribution is 6.32. The minimum atomic E-state index is -0.220. The predicted octanol–water partition coefficient (Wildman–Crippen LogP) is 2.18. The minimum absolute atomic E-state index is 0.143. The summed E-state index contributed by atoms with van der Waals surface area (Å²) in [4.78, 5) is 16.5. The molecule has 1 unspecified atom stereocenters. The van der Waals surface area contributed by atoms with Gasteiger partial charge in [-0.3, -0.25) is 4.79 Å². The third-order valence-corrected chi connectivity index (χ3v) is 4.59. The number of hydrogen-bond acceptors (Lipinski definition) is 4. The number of ether oxygens (including phenoxy) is 2. The van der Waals surface area contributed by atoms with Crippen LogP contribution in [0.25, 0.3) is 0 Å². The Morgan fingerprint density at radius 1 is 1.32 bits per heavy atom. The zero-order valence-corrected chi connectivity index (χ0v) is 13.5. The predicted molar refractivity (Wildman–Crippen MR) is 85.8 cm³/mol. The number of anilines is 1. The summed E-state index contributed by atoms with van der Waals surface area (Å²) in [5.41, 5.74) is 1.06. The number of halogens is 1. The first kappa shape index (κ1) is 15.4. The van der Waals surface area contributed by atoms with Gasteiger partial charge >= 0.3 is 0 Å². The van der Waals surface area contributed by atoms with Crippen molar-refractivity contribution in [1.82, 2.24) is 4.90 Å². The molecule has 0 saturated carbocycles. The van der Waals surface area contributed by atoms with Gasteiger partial charge < -0.3 is 19.3 Å². The van der Waals surface area contributed by atoms with Gasteiger partial charge in [-0.1, -0.05) is 11.6 Å². The van der Waals surface area contributed by atoms with Crippen molar-refractivity contribution in [2.75, 3.05) is 44.8 Å². The fourth-order valence-corrected chi connectivity index (χ4v) is 3.27. The molecule has 22 heavy (non-hydrogen) atoms. The number of benzene rings is 1. The second-order valence-corrected chi connectivity index (χ2v) is 6.04. The van der Waals surface area contributed by atoms with Crippen LogP contribution in [0.15, 0.2) is 18.2 Å². The molecule has 1 aromatic carbocycles. The molecule has 1 aromatic rings. The van der Waals surface area contributed by atoms with Gasteiger partial charge in [-0.25, -0.2) is 0 Å². The molecule has 120 valence electrons. The second-order valence-electron chi connectivity index (χ2n) is 5.63. The van der Waals surface area contributed by atoms with Crippen molar-refractivity contribution in [1.29, 1.82) is 0 Å². The molecular formula is C16H21ClN2O3. The quantitative estimate of drug-likeness (QED) is 0.854. The lowest BCUT2D eigenvalue weighted by atomic mass is 10.2. The average Bonchev–Trinajstić information content (AvgIpc) is 3.09. The van der Waals surface area contributed by atoms with E-state index in [9.17, 15) is 4.79 Å². The number of hydrogen-bond donors (Lipinski definition) is 0. The zero-order valence-electron chi connectivity index (χ0n) is 12.8. The van der Waals surface area contributed by atoms with Gasteiger partial charge in [0, 0.05) is 38.5 Å². The molecule has 0 spiro atoms. The number of methoxy groups -OCH3 is 1. The van der Waals surface area contributed by atoms with Crippen molar-refractivity contribution in [3.8, 4) is 5.75 Å². The van der Waals surface area contributed by atoms with E-state index in [2.05, 4.69) is 4.90 Å². The Balaban J connectivity index is 1.59. The van der Waals surface area contributed by atoms with E-state index in [0.29, 0.717) is 17.4 Å². The number of piperazine rings is 1. The van der Waals surface area contributed by atoms with Gasteiger partial charge in [0.25, 0.3) is 5.91 Å². The van der Waals surface area contributed by atoms with Gasteiger partial charge in [0.15, 0.2) is 0 Å². The smallest absolute Gasteiger partial charge is 0.251 e. The van der Waals surface area contributed by atoms with Crippen molar-refractivity contribution in [2.24, 2.45) is 0 Å². The van der Waals surface area contributed by atoms with E-state index in [1.807, 2.05) is 23.1 Å². The molecule has 1 atom stereocenters. The van der Waals surface area contributed by atoms with Crippen molar-refractivity contribution in [3.63, 3.8) is 0 Å². The summed E-state index contributed by atoms with van der Waals surface area (Å²) < 4.78 is 10.7. The van der Waals surface area contributed by atoms with Crippen molar-refractivity contribution in [3.05, 3.63) is 23.2 Å². The van der Waals surface area contributed by atoms with Crippen LogP contribution in [0.3, 0.4) is 0 Å². The van der Waals surface area contributed by atoms with E-state index in [0.717, 1.165) is 44.7 Å². The van der Waals surface area contributed by atoms with Crippen LogP contribution in [-0.4, -0.2) is 56.8 Å². The number of rotatable bonds is 3. The summed E-state index contributed by atoms with van der Waals surface area (Å²) in [6.07, 6.45) is 1.62. The summed E-state index contributed by atoms with van der Waals surface area (Å²) in [7, 11) is 1.61. The van der Waals surface area contributed by atoms with Crippen molar-refractivity contribution < 1.29 is 14.3 Å². The van der Waals surface area contributed by atoms with E-state index in [1.54, 1.807) is 7.11 Å². The Morgan fingerprint density at radius 2 is 2.09 bits per heavy atom. The monoisotopic (exact) mass is 324 g/mol. The topological polar surface area (TPSA) is 42.0 Å². The Kier molecular flexibility index (Phi) is 4.74. The van der Waals surface area contributed by atoms with E-state index in [-0.39, 0.29) is 12.0 Å². The van der Waals surface area contributed by atoms with Gasteiger partial charge in [0.2, 0.25) is 0 Å². The molecule has 2 fully saturated rings. The van der Waals surface area contributed by atoms with E-state index in [4.69, 9.17) is 21.1 Å². The fourth-order valence-electron chi connectivity index (χ4n) is 3.01. The Bertz CT molecular complexity index is 538. The number of nitrogens with zero attached hydrogens (tertiary/aromatic N) is 2. The zero-order chi connectivity index (χ0) is 15.5. The molecule has 6 heteroatoms. The molecule has 0 radical (unpaired) electrons. The first-order chi connectivity index (χ1) is 10.7. The highest BCUT2D eigenvalue weighted by atomic mass is 35.5. The van der Waals surface area contributed by atoms with Crippen LogP contribution in [0.1, 0.15) is 12.8 Å².